The topological polar surface area (TPSA) is 64.7 Å². The second-order valence-electron chi connectivity index (χ2n) is 2.21. The number of thioether (sulfide) groups is 1. The third kappa shape index (κ3) is 1.67. The summed E-state index contributed by atoms with van der Waals surface area (Å²) in [7, 11) is 0. The van der Waals surface area contributed by atoms with Gasteiger partial charge in [0.15, 0.2) is 0 Å². The number of hydrogen-bond acceptors (Lipinski definition) is 6. The van der Waals surface area contributed by atoms with Crippen molar-refractivity contribution in [3.05, 3.63) is 18.7 Å². The summed E-state index contributed by atoms with van der Waals surface area (Å²) in [5.74, 6) is 0.449. The van der Waals surface area contributed by atoms with E-state index in [2.05, 4.69) is 20.1 Å². The molecule has 0 atom stereocenters. The molecule has 0 aromatic carbocycles. The summed E-state index contributed by atoms with van der Waals surface area (Å²) >= 11 is 1.43. The SMILES string of the molecule is CSc1noc(-c2cncnc2)n1. The molecule has 0 spiro atoms. The molecule has 0 aliphatic carbocycles. The zero-order valence-corrected chi connectivity index (χ0v) is 7.65. The molecule has 2 rings (SSSR count). The van der Waals surface area contributed by atoms with Gasteiger partial charge >= 0.3 is 0 Å². The normalized spacial score (nSPS) is 10.2. The molecule has 0 unspecified atom stereocenters. The van der Waals surface area contributed by atoms with Crippen LogP contribution in [0, 0.1) is 0 Å². The highest BCUT2D eigenvalue weighted by Crippen LogP contribution is 2.17. The van der Waals surface area contributed by atoms with E-state index in [9.17, 15) is 0 Å². The monoisotopic (exact) mass is 194 g/mol. The molecular formula is C7H6N4OS. The number of rotatable bonds is 2. The van der Waals surface area contributed by atoms with Crippen LogP contribution < -0.4 is 0 Å². The van der Waals surface area contributed by atoms with Gasteiger partial charge in [0.05, 0.1) is 5.56 Å². The fourth-order valence-corrected chi connectivity index (χ4v) is 1.11. The van der Waals surface area contributed by atoms with E-state index in [0.717, 1.165) is 5.56 Å². The van der Waals surface area contributed by atoms with Crippen molar-refractivity contribution in [3.63, 3.8) is 0 Å². The van der Waals surface area contributed by atoms with Crippen LogP contribution in [0.1, 0.15) is 0 Å². The van der Waals surface area contributed by atoms with Crippen LogP contribution in [0.2, 0.25) is 0 Å². The van der Waals surface area contributed by atoms with Crippen LogP contribution >= 0.6 is 11.8 Å². The summed E-state index contributed by atoms with van der Waals surface area (Å²) in [4.78, 5) is 11.8. The molecule has 0 aliphatic heterocycles. The zero-order chi connectivity index (χ0) is 9.10. The van der Waals surface area contributed by atoms with Crippen molar-refractivity contribution in [2.75, 3.05) is 6.26 Å². The van der Waals surface area contributed by atoms with E-state index >= 15 is 0 Å². The molecule has 0 saturated heterocycles. The van der Waals surface area contributed by atoms with Crippen molar-refractivity contribution in [1.29, 1.82) is 0 Å². The van der Waals surface area contributed by atoms with E-state index < -0.39 is 0 Å². The molecule has 0 amide bonds. The summed E-state index contributed by atoms with van der Waals surface area (Å²) in [5, 5.41) is 4.34. The highest BCUT2D eigenvalue weighted by atomic mass is 32.2. The van der Waals surface area contributed by atoms with Crippen LogP contribution in [0.5, 0.6) is 0 Å². The maximum atomic E-state index is 4.98. The summed E-state index contributed by atoms with van der Waals surface area (Å²) in [5.41, 5.74) is 0.732. The largest absolute Gasteiger partial charge is 0.333 e. The molecule has 2 aromatic rings. The Bertz CT molecular complexity index is 388. The van der Waals surface area contributed by atoms with Gasteiger partial charge in [-0.2, -0.15) is 4.98 Å². The van der Waals surface area contributed by atoms with Crippen LogP contribution in [0.15, 0.2) is 28.4 Å². The molecule has 5 nitrogen and oxygen atoms in total. The minimum Gasteiger partial charge on any atom is -0.333 e. The molecule has 0 aliphatic rings. The van der Waals surface area contributed by atoms with E-state index in [4.69, 9.17) is 4.52 Å². The Morgan fingerprint density at radius 2 is 2.08 bits per heavy atom. The van der Waals surface area contributed by atoms with Gasteiger partial charge in [-0.1, -0.05) is 11.8 Å². The van der Waals surface area contributed by atoms with Crippen molar-refractivity contribution in [2.24, 2.45) is 0 Å². The minimum absolute atomic E-state index is 0.449. The molecule has 66 valence electrons. The molecule has 2 heterocycles. The van der Waals surface area contributed by atoms with Crippen LogP contribution in [-0.2, 0) is 0 Å². The van der Waals surface area contributed by atoms with Gasteiger partial charge in [-0.05, 0) is 11.4 Å². The smallest absolute Gasteiger partial charge is 0.261 e. The zero-order valence-electron chi connectivity index (χ0n) is 6.84. The van der Waals surface area contributed by atoms with Crippen molar-refractivity contribution < 1.29 is 4.52 Å². The fraction of sp³-hybridized carbons (Fsp3) is 0.143. The van der Waals surface area contributed by atoms with E-state index in [1.807, 2.05) is 6.26 Å². The summed E-state index contributed by atoms with van der Waals surface area (Å²) in [6.07, 6.45) is 6.60. The second kappa shape index (κ2) is 3.53. The summed E-state index contributed by atoms with van der Waals surface area (Å²) < 4.78 is 4.98. The maximum absolute atomic E-state index is 4.98. The first kappa shape index (κ1) is 8.18. The van der Waals surface area contributed by atoms with Gasteiger partial charge in [-0.3, -0.25) is 0 Å². The molecule has 13 heavy (non-hydrogen) atoms. The van der Waals surface area contributed by atoms with Crippen molar-refractivity contribution in [1.82, 2.24) is 20.1 Å². The lowest BCUT2D eigenvalue weighted by Crippen LogP contribution is -1.81. The van der Waals surface area contributed by atoms with Crippen LogP contribution in [0.3, 0.4) is 0 Å². The first-order valence-electron chi connectivity index (χ1n) is 3.53. The molecule has 6 heteroatoms. The van der Waals surface area contributed by atoms with Gasteiger partial charge in [-0.15, -0.1) is 0 Å². The Morgan fingerprint density at radius 1 is 1.31 bits per heavy atom. The molecule has 0 fully saturated rings. The van der Waals surface area contributed by atoms with Crippen LogP contribution in [0.4, 0.5) is 0 Å². The van der Waals surface area contributed by atoms with Crippen molar-refractivity contribution in [2.45, 2.75) is 5.16 Å². The highest BCUT2D eigenvalue weighted by molar-refractivity contribution is 7.98. The quantitative estimate of drug-likeness (QED) is 0.670. The van der Waals surface area contributed by atoms with E-state index in [0.29, 0.717) is 11.0 Å². The summed E-state index contributed by atoms with van der Waals surface area (Å²) in [6, 6.07) is 0. The Balaban J connectivity index is 2.36. The Kier molecular flexibility index (Phi) is 2.22. The third-order valence-electron chi connectivity index (χ3n) is 1.40. The molecule has 0 radical (unpaired) electrons. The predicted octanol–water partition coefficient (Wildman–Crippen LogP) is 1.25. The predicted molar refractivity (Wildman–Crippen MR) is 47.1 cm³/mol. The van der Waals surface area contributed by atoms with E-state index in [1.54, 1.807) is 12.4 Å². The maximum Gasteiger partial charge on any atom is 0.261 e. The van der Waals surface area contributed by atoms with Crippen molar-refractivity contribution in [3.8, 4) is 11.5 Å². The first-order valence-corrected chi connectivity index (χ1v) is 4.75. The standard InChI is InChI=1S/C7H6N4OS/c1-13-7-10-6(12-11-7)5-2-8-4-9-3-5/h2-4H,1H3. The van der Waals surface area contributed by atoms with Gasteiger partial charge in [0, 0.05) is 12.4 Å². The molecule has 2 aromatic heterocycles. The molecule has 0 saturated carbocycles. The highest BCUT2D eigenvalue weighted by Gasteiger charge is 2.07. The Hall–Kier alpha value is -1.43. The molecule has 0 bridgehead atoms. The number of hydrogen-bond donors (Lipinski definition) is 0. The lowest BCUT2D eigenvalue weighted by Gasteiger charge is -1.88. The average molecular weight is 194 g/mol. The molecular weight excluding hydrogens is 188 g/mol. The number of aromatic nitrogens is 4. The first-order chi connectivity index (χ1) is 6.40. The minimum atomic E-state index is 0.449. The lowest BCUT2D eigenvalue weighted by molar-refractivity contribution is 0.415. The van der Waals surface area contributed by atoms with E-state index in [1.165, 1.54) is 18.1 Å². The Morgan fingerprint density at radius 3 is 2.69 bits per heavy atom. The van der Waals surface area contributed by atoms with E-state index in [-0.39, 0.29) is 0 Å². The van der Waals surface area contributed by atoms with Crippen LogP contribution in [0.25, 0.3) is 11.5 Å². The second-order valence-corrected chi connectivity index (χ2v) is 2.99. The molecule has 0 N–H and O–H groups in total. The third-order valence-corrected chi connectivity index (χ3v) is 1.93. The average Bonchev–Trinajstić information content (AvgIpc) is 2.67. The lowest BCUT2D eigenvalue weighted by atomic mass is 10.3. The van der Waals surface area contributed by atoms with Gasteiger partial charge in [-0.25, -0.2) is 9.97 Å². The fourth-order valence-electron chi connectivity index (χ4n) is 0.820. The van der Waals surface area contributed by atoms with Gasteiger partial charge in [0.25, 0.3) is 5.89 Å². The van der Waals surface area contributed by atoms with Crippen LogP contribution in [-0.4, -0.2) is 26.4 Å². The summed E-state index contributed by atoms with van der Waals surface area (Å²) in [6.45, 7) is 0. The van der Waals surface area contributed by atoms with Crippen molar-refractivity contribution >= 4 is 11.8 Å². The van der Waals surface area contributed by atoms with Gasteiger partial charge in [0.2, 0.25) is 5.16 Å². The van der Waals surface area contributed by atoms with Gasteiger partial charge in [0.1, 0.15) is 6.33 Å². The Labute approximate surface area is 78.6 Å². The number of nitrogens with zero attached hydrogens (tertiary/aromatic N) is 4. The van der Waals surface area contributed by atoms with Gasteiger partial charge < -0.3 is 4.52 Å².